The number of hydrogen-bond donors (Lipinski definition) is 1. The number of ether oxygens (including phenoxy) is 2. The molecule has 16 heavy (non-hydrogen) atoms. The predicted molar refractivity (Wildman–Crippen MR) is 61.1 cm³/mol. The van der Waals surface area contributed by atoms with Gasteiger partial charge in [-0.15, -0.1) is 0 Å². The Balaban J connectivity index is 2.43. The lowest BCUT2D eigenvalue weighted by Gasteiger charge is -2.09. The Morgan fingerprint density at radius 3 is 2.44 bits per heavy atom. The van der Waals surface area contributed by atoms with Crippen molar-refractivity contribution < 1.29 is 9.47 Å². The van der Waals surface area contributed by atoms with Crippen molar-refractivity contribution >= 4 is 5.82 Å². The molecule has 1 heterocycles. The topological polar surface area (TPSA) is 62.3 Å². The molecule has 0 saturated heterocycles. The van der Waals surface area contributed by atoms with Crippen molar-refractivity contribution in [3.05, 3.63) is 30.5 Å². The van der Waals surface area contributed by atoms with Gasteiger partial charge < -0.3 is 15.2 Å². The second kappa shape index (κ2) is 4.14. The van der Waals surface area contributed by atoms with Gasteiger partial charge in [-0.25, -0.2) is 4.68 Å². The number of anilines is 1. The number of aromatic nitrogens is 2. The van der Waals surface area contributed by atoms with Crippen LogP contribution in [-0.4, -0.2) is 24.0 Å². The fourth-order valence-electron chi connectivity index (χ4n) is 1.45. The van der Waals surface area contributed by atoms with E-state index in [9.17, 15) is 0 Å². The Bertz CT molecular complexity index is 494. The normalized spacial score (nSPS) is 10.1. The average molecular weight is 219 g/mol. The number of benzene rings is 1. The molecule has 5 heteroatoms. The number of nitrogen functional groups attached to an aromatic ring is 1. The molecule has 0 spiro atoms. The lowest BCUT2D eigenvalue weighted by Crippen LogP contribution is -1.98. The molecule has 0 amide bonds. The van der Waals surface area contributed by atoms with Gasteiger partial charge >= 0.3 is 0 Å². The summed E-state index contributed by atoms with van der Waals surface area (Å²) in [5, 5.41) is 4.11. The molecule has 0 aliphatic rings. The third-order valence-corrected chi connectivity index (χ3v) is 2.24. The zero-order valence-corrected chi connectivity index (χ0v) is 9.18. The van der Waals surface area contributed by atoms with E-state index in [1.807, 2.05) is 18.2 Å². The van der Waals surface area contributed by atoms with Crippen molar-refractivity contribution in [2.24, 2.45) is 0 Å². The monoisotopic (exact) mass is 219 g/mol. The second-order valence-corrected chi connectivity index (χ2v) is 3.22. The van der Waals surface area contributed by atoms with E-state index in [0.29, 0.717) is 17.3 Å². The predicted octanol–water partition coefficient (Wildman–Crippen LogP) is 1.47. The van der Waals surface area contributed by atoms with E-state index in [1.165, 1.54) is 0 Å². The molecule has 0 bridgehead atoms. The zero-order chi connectivity index (χ0) is 11.5. The minimum absolute atomic E-state index is 0.481. The summed E-state index contributed by atoms with van der Waals surface area (Å²) in [6, 6.07) is 7.28. The van der Waals surface area contributed by atoms with Gasteiger partial charge in [-0.3, -0.25) is 0 Å². The lowest BCUT2D eigenvalue weighted by atomic mass is 10.3. The smallest absolute Gasteiger partial charge is 0.162 e. The fourth-order valence-corrected chi connectivity index (χ4v) is 1.45. The molecule has 0 unspecified atom stereocenters. The molecule has 84 valence electrons. The van der Waals surface area contributed by atoms with Gasteiger partial charge in [-0.1, -0.05) is 0 Å². The van der Waals surface area contributed by atoms with Gasteiger partial charge in [0.1, 0.15) is 5.82 Å². The molecule has 0 atom stereocenters. The number of hydrogen-bond acceptors (Lipinski definition) is 4. The number of nitrogens with zero attached hydrogens (tertiary/aromatic N) is 2. The molecular weight excluding hydrogens is 206 g/mol. The number of rotatable bonds is 3. The van der Waals surface area contributed by atoms with Crippen molar-refractivity contribution in [3.8, 4) is 17.2 Å². The van der Waals surface area contributed by atoms with E-state index in [1.54, 1.807) is 31.2 Å². The summed E-state index contributed by atoms with van der Waals surface area (Å²) in [4.78, 5) is 0. The Morgan fingerprint density at radius 1 is 1.12 bits per heavy atom. The van der Waals surface area contributed by atoms with Gasteiger partial charge in [0.05, 0.1) is 19.9 Å². The second-order valence-electron chi connectivity index (χ2n) is 3.22. The summed E-state index contributed by atoms with van der Waals surface area (Å²) in [5.74, 6) is 1.83. The van der Waals surface area contributed by atoms with Crippen LogP contribution in [0.3, 0.4) is 0 Å². The minimum Gasteiger partial charge on any atom is -0.493 e. The summed E-state index contributed by atoms with van der Waals surface area (Å²) in [5.41, 5.74) is 6.42. The molecule has 1 aromatic carbocycles. The lowest BCUT2D eigenvalue weighted by molar-refractivity contribution is 0.355. The van der Waals surface area contributed by atoms with Gasteiger partial charge in [0.2, 0.25) is 0 Å². The first-order valence-corrected chi connectivity index (χ1v) is 4.78. The van der Waals surface area contributed by atoms with Crippen LogP contribution in [0.1, 0.15) is 0 Å². The average Bonchev–Trinajstić information content (AvgIpc) is 2.75. The van der Waals surface area contributed by atoms with Crippen LogP contribution in [0.5, 0.6) is 11.5 Å². The van der Waals surface area contributed by atoms with Gasteiger partial charge in [0.15, 0.2) is 11.5 Å². The summed E-state index contributed by atoms with van der Waals surface area (Å²) < 4.78 is 12.0. The van der Waals surface area contributed by atoms with E-state index in [4.69, 9.17) is 15.2 Å². The maximum Gasteiger partial charge on any atom is 0.162 e. The highest BCUT2D eigenvalue weighted by Gasteiger charge is 2.06. The molecule has 2 N–H and O–H groups in total. The first-order chi connectivity index (χ1) is 7.74. The van der Waals surface area contributed by atoms with Crippen LogP contribution in [-0.2, 0) is 0 Å². The van der Waals surface area contributed by atoms with Gasteiger partial charge in [0, 0.05) is 18.3 Å². The quantitative estimate of drug-likeness (QED) is 0.849. The Labute approximate surface area is 93.4 Å². The maximum atomic E-state index is 5.55. The first-order valence-electron chi connectivity index (χ1n) is 4.78. The minimum atomic E-state index is 0.481. The zero-order valence-electron chi connectivity index (χ0n) is 9.18. The van der Waals surface area contributed by atoms with Crippen molar-refractivity contribution in [1.82, 2.24) is 9.78 Å². The van der Waals surface area contributed by atoms with E-state index < -0.39 is 0 Å². The molecule has 2 aromatic rings. The van der Waals surface area contributed by atoms with Crippen molar-refractivity contribution in [1.29, 1.82) is 0 Å². The fraction of sp³-hybridized carbons (Fsp3) is 0.182. The third kappa shape index (κ3) is 1.79. The molecule has 1 aromatic heterocycles. The van der Waals surface area contributed by atoms with Gasteiger partial charge in [-0.05, 0) is 12.1 Å². The van der Waals surface area contributed by atoms with Crippen LogP contribution in [0.25, 0.3) is 5.69 Å². The molecular formula is C11H13N3O2. The van der Waals surface area contributed by atoms with Crippen molar-refractivity contribution in [3.63, 3.8) is 0 Å². The maximum absolute atomic E-state index is 5.55. The number of nitrogens with two attached hydrogens (primary N) is 1. The first kappa shape index (κ1) is 10.4. The van der Waals surface area contributed by atoms with E-state index in [2.05, 4.69) is 5.10 Å². The molecule has 5 nitrogen and oxygen atoms in total. The van der Waals surface area contributed by atoms with Crippen molar-refractivity contribution in [2.75, 3.05) is 20.0 Å². The van der Waals surface area contributed by atoms with Crippen LogP contribution in [0.4, 0.5) is 5.82 Å². The molecule has 0 fully saturated rings. The highest BCUT2D eigenvalue weighted by atomic mass is 16.5. The van der Waals surface area contributed by atoms with E-state index in [-0.39, 0.29) is 0 Å². The highest BCUT2D eigenvalue weighted by Crippen LogP contribution is 2.28. The third-order valence-electron chi connectivity index (χ3n) is 2.24. The summed E-state index contributed by atoms with van der Waals surface area (Å²) in [6.07, 6.45) is 1.79. The van der Waals surface area contributed by atoms with Crippen LogP contribution in [0.15, 0.2) is 30.5 Å². The van der Waals surface area contributed by atoms with Crippen molar-refractivity contribution in [2.45, 2.75) is 0 Å². The Morgan fingerprint density at radius 2 is 1.88 bits per heavy atom. The summed E-state index contributed by atoms with van der Waals surface area (Å²) >= 11 is 0. The standard InChI is InChI=1S/C11H13N3O2/c1-15-9-4-3-8(7-10(9)16-2)14-6-5-11(12)13-14/h3-7H,1-2H3,(H2,12,13). The Kier molecular flexibility index (Phi) is 2.68. The SMILES string of the molecule is COc1ccc(-n2ccc(N)n2)cc1OC. The number of methoxy groups -OCH3 is 2. The van der Waals surface area contributed by atoms with Gasteiger partial charge in [0.25, 0.3) is 0 Å². The molecule has 0 aliphatic heterocycles. The molecule has 0 saturated carbocycles. The summed E-state index contributed by atoms with van der Waals surface area (Å²) in [6.45, 7) is 0. The van der Waals surface area contributed by atoms with Crippen LogP contribution < -0.4 is 15.2 Å². The van der Waals surface area contributed by atoms with Crippen LogP contribution in [0.2, 0.25) is 0 Å². The van der Waals surface area contributed by atoms with E-state index in [0.717, 1.165) is 5.69 Å². The largest absolute Gasteiger partial charge is 0.493 e. The van der Waals surface area contributed by atoms with E-state index >= 15 is 0 Å². The highest BCUT2D eigenvalue weighted by molar-refractivity contribution is 5.49. The summed E-state index contributed by atoms with van der Waals surface area (Å²) in [7, 11) is 3.20. The Hall–Kier alpha value is -2.17. The van der Waals surface area contributed by atoms with Crippen LogP contribution >= 0.6 is 0 Å². The van der Waals surface area contributed by atoms with Gasteiger partial charge in [-0.2, -0.15) is 5.10 Å². The van der Waals surface area contributed by atoms with Crippen LogP contribution in [0, 0.1) is 0 Å². The molecule has 0 radical (unpaired) electrons. The molecule has 2 rings (SSSR count). The molecule has 0 aliphatic carbocycles.